The Balaban J connectivity index is 3.25. The van der Waals surface area contributed by atoms with Crippen molar-refractivity contribution in [1.82, 2.24) is 0 Å². The highest BCUT2D eigenvalue weighted by Crippen LogP contribution is 2.45. The van der Waals surface area contributed by atoms with Gasteiger partial charge < -0.3 is 4.52 Å². The molecule has 1 unspecified atom stereocenters. The lowest BCUT2D eigenvalue weighted by atomic mass is 9.94. The van der Waals surface area contributed by atoms with Gasteiger partial charge >= 0.3 is 7.75 Å². The first-order valence-electron chi connectivity index (χ1n) is 6.64. The summed E-state index contributed by atoms with van der Waals surface area (Å²) < 4.78 is 22.6. The molecule has 0 spiro atoms. The van der Waals surface area contributed by atoms with Gasteiger partial charge in [-0.05, 0) is 29.9 Å². The van der Waals surface area contributed by atoms with Gasteiger partial charge in [0.05, 0.1) is 6.61 Å². The Morgan fingerprint density at radius 1 is 1.16 bits per heavy atom. The van der Waals surface area contributed by atoms with E-state index in [1.165, 1.54) is 0 Å². The molecule has 0 aromatic heterocycles. The largest absolute Gasteiger partial charge is 0.456 e. The molecule has 0 aliphatic heterocycles. The standard InChI is InChI=1S/C14H24NO3P/c1-6-17-19(15,16)18-14-12(10(2)3)8-7-9-13(14)11(4)5/h7-11H,6H2,1-5H3,(H2,15,16). The van der Waals surface area contributed by atoms with E-state index in [9.17, 15) is 4.57 Å². The zero-order valence-electron chi connectivity index (χ0n) is 12.3. The molecule has 1 atom stereocenters. The fraction of sp³-hybridized carbons (Fsp3) is 0.571. The molecule has 0 aliphatic rings. The van der Waals surface area contributed by atoms with Crippen LogP contribution < -0.4 is 10.0 Å². The van der Waals surface area contributed by atoms with E-state index in [0.717, 1.165) is 11.1 Å². The maximum absolute atomic E-state index is 12.1. The lowest BCUT2D eigenvalue weighted by Gasteiger charge is -2.22. The molecule has 0 saturated heterocycles. The van der Waals surface area contributed by atoms with Crippen LogP contribution in [0, 0.1) is 0 Å². The van der Waals surface area contributed by atoms with Crippen LogP contribution in [0.15, 0.2) is 18.2 Å². The van der Waals surface area contributed by atoms with Gasteiger partial charge in [-0.3, -0.25) is 4.52 Å². The molecule has 5 heteroatoms. The molecule has 1 rings (SSSR count). The van der Waals surface area contributed by atoms with Gasteiger partial charge in [0.25, 0.3) is 0 Å². The maximum atomic E-state index is 12.1. The Labute approximate surface area is 115 Å². The third-order valence-electron chi connectivity index (χ3n) is 2.85. The van der Waals surface area contributed by atoms with E-state index < -0.39 is 7.75 Å². The molecule has 1 aromatic carbocycles. The normalized spacial score (nSPS) is 14.7. The van der Waals surface area contributed by atoms with Crippen molar-refractivity contribution in [2.45, 2.75) is 46.5 Å². The van der Waals surface area contributed by atoms with Crippen molar-refractivity contribution in [2.24, 2.45) is 5.50 Å². The fourth-order valence-electron chi connectivity index (χ4n) is 1.92. The number of benzene rings is 1. The SMILES string of the molecule is CCOP(N)(=O)Oc1c(C(C)C)cccc1C(C)C. The number of nitrogens with two attached hydrogens (primary N) is 1. The van der Waals surface area contributed by atoms with Gasteiger partial charge in [0.1, 0.15) is 5.75 Å². The molecule has 0 bridgehead atoms. The third-order valence-corrected chi connectivity index (χ3v) is 3.90. The van der Waals surface area contributed by atoms with Crippen molar-refractivity contribution in [3.05, 3.63) is 29.3 Å². The highest BCUT2D eigenvalue weighted by atomic mass is 31.2. The van der Waals surface area contributed by atoms with Crippen LogP contribution in [0.4, 0.5) is 0 Å². The quantitative estimate of drug-likeness (QED) is 0.786. The average molecular weight is 285 g/mol. The zero-order valence-corrected chi connectivity index (χ0v) is 13.2. The minimum Gasteiger partial charge on any atom is -0.413 e. The first-order valence-corrected chi connectivity index (χ1v) is 8.25. The molecular weight excluding hydrogens is 261 g/mol. The van der Waals surface area contributed by atoms with Crippen molar-refractivity contribution >= 4 is 7.75 Å². The Hall–Kier alpha value is -0.830. The van der Waals surface area contributed by atoms with Gasteiger partial charge in [-0.1, -0.05) is 45.9 Å². The number of hydrogen-bond acceptors (Lipinski definition) is 3. The van der Waals surface area contributed by atoms with E-state index in [-0.39, 0.29) is 18.4 Å². The summed E-state index contributed by atoms with van der Waals surface area (Å²) in [5.74, 6) is 1.12. The molecule has 2 N–H and O–H groups in total. The predicted octanol–water partition coefficient (Wildman–Crippen LogP) is 4.42. The van der Waals surface area contributed by atoms with Gasteiger partial charge in [-0.15, -0.1) is 0 Å². The van der Waals surface area contributed by atoms with E-state index in [1.54, 1.807) is 6.92 Å². The molecular formula is C14H24NO3P. The van der Waals surface area contributed by atoms with E-state index in [2.05, 4.69) is 27.7 Å². The lowest BCUT2D eigenvalue weighted by Crippen LogP contribution is -2.10. The van der Waals surface area contributed by atoms with Crippen molar-refractivity contribution in [2.75, 3.05) is 6.61 Å². The molecule has 0 saturated carbocycles. The van der Waals surface area contributed by atoms with Gasteiger partial charge in [0, 0.05) is 0 Å². The van der Waals surface area contributed by atoms with E-state index >= 15 is 0 Å². The lowest BCUT2D eigenvalue weighted by molar-refractivity contribution is 0.278. The van der Waals surface area contributed by atoms with Crippen LogP contribution in [-0.4, -0.2) is 6.61 Å². The second-order valence-corrected chi connectivity index (χ2v) is 6.64. The molecule has 0 aliphatic carbocycles. The van der Waals surface area contributed by atoms with Crippen LogP contribution in [0.1, 0.15) is 57.6 Å². The summed E-state index contributed by atoms with van der Waals surface area (Å²) >= 11 is 0. The van der Waals surface area contributed by atoms with Crippen LogP contribution in [0.2, 0.25) is 0 Å². The summed E-state index contributed by atoms with van der Waals surface area (Å²) in [6.45, 7) is 10.3. The van der Waals surface area contributed by atoms with Crippen LogP contribution in [0.5, 0.6) is 5.75 Å². The predicted molar refractivity (Wildman–Crippen MR) is 78.7 cm³/mol. The molecule has 108 valence electrons. The van der Waals surface area contributed by atoms with Gasteiger partial charge in [0.2, 0.25) is 0 Å². The molecule has 0 fully saturated rings. The van der Waals surface area contributed by atoms with Gasteiger partial charge in [-0.25, -0.2) is 10.1 Å². The van der Waals surface area contributed by atoms with Crippen molar-refractivity contribution in [3.8, 4) is 5.75 Å². The smallest absolute Gasteiger partial charge is 0.413 e. The van der Waals surface area contributed by atoms with Crippen molar-refractivity contribution < 1.29 is 13.6 Å². The van der Waals surface area contributed by atoms with Crippen LogP contribution in [0.3, 0.4) is 0 Å². The maximum Gasteiger partial charge on any atom is 0.456 e. The molecule has 0 amide bonds. The number of rotatable bonds is 6. The van der Waals surface area contributed by atoms with E-state index in [0.29, 0.717) is 5.75 Å². The Morgan fingerprint density at radius 2 is 1.63 bits per heavy atom. The number of hydrogen-bond donors (Lipinski definition) is 1. The van der Waals surface area contributed by atoms with Crippen LogP contribution in [-0.2, 0) is 9.09 Å². The summed E-state index contributed by atoms with van der Waals surface area (Å²) in [6, 6.07) is 5.93. The molecule has 0 heterocycles. The minimum absolute atomic E-state index is 0.259. The van der Waals surface area contributed by atoms with Crippen LogP contribution in [0.25, 0.3) is 0 Å². The van der Waals surface area contributed by atoms with E-state index in [4.69, 9.17) is 14.6 Å². The zero-order chi connectivity index (χ0) is 14.6. The Bertz CT molecular complexity index is 446. The van der Waals surface area contributed by atoms with Gasteiger partial charge in [-0.2, -0.15) is 0 Å². The van der Waals surface area contributed by atoms with Crippen molar-refractivity contribution in [3.63, 3.8) is 0 Å². The van der Waals surface area contributed by atoms with Crippen molar-refractivity contribution in [1.29, 1.82) is 0 Å². The average Bonchev–Trinajstić information content (AvgIpc) is 2.27. The second-order valence-electron chi connectivity index (χ2n) is 5.12. The molecule has 1 aromatic rings. The third kappa shape index (κ3) is 4.34. The molecule has 4 nitrogen and oxygen atoms in total. The fourth-order valence-corrected chi connectivity index (χ4v) is 2.80. The summed E-state index contributed by atoms with van der Waals surface area (Å²) in [6.07, 6.45) is 0. The van der Waals surface area contributed by atoms with Crippen LogP contribution >= 0.6 is 7.75 Å². The Kier molecular flexibility index (Phi) is 5.60. The number of para-hydroxylation sites is 1. The molecule has 0 radical (unpaired) electrons. The minimum atomic E-state index is -3.55. The second kappa shape index (κ2) is 6.56. The summed E-state index contributed by atoms with van der Waals surface area (Å²) in [5, 5.41) is 0. The first-order chi connectivity index (χ1) is 8.78. The topological polar surface area (TPSA) is 61.5 Å². The van der Waals surface area contributed by atoms with Gasteiger partial charge in [0.15, 0.2) is 0 Å². The molecule has 19 heavy (non-hydrogen) atoms. The van der Waals surface area contributed by atoms with E-state index in [1.807, 2.05) is 18.2 Å². The summed E-state index contributed by atoms with van der Waals surface area (Å²) in [5.41, 5.74) is 7.60. The first kappa shape index (κ1) is 16.2. The highest BCUT2D eigenvalue weighted by molar-refractivity contribution is 7.51. The monoisotopic (exact) mass is 285 g/mol. The Morgan fingerprint density at radius 3 is 2.00 bits per heavy atom. The summed E-state index contributed by atoms with van der Waals surface area (Å²) in [4.78, 5) is 0. The highest BCUT2D eigenvalue weighted by Gasteiger charge is 2.24. The summed E-state index contributed by atoms with van der Waals surface area (Å²) in [7, 11) is -3.55.